The lowest BCUT2D eigenvalue weighted by Gasteiger charge is -2.30. The summed E-state index contributed by atoms with van der Waals surface area (Å²) in [5.41, 5.74) is 4.67. The Morgan fingerprint density at radius 1 is 1.43 bits per heavy atom. The number of nitrogens with one attached hydrogen (secondary N) is 1. The lowest BCUT2D eigenvalue weighted by molar-refractivity contribution is -0.124. The summed E-state index contributed by atoms with van der Waals surface area (Å²) in [5, 5.41) is 3.19. The van der Waals surface area contributed by atoms with Crippen molar-refractivity contribution in [3.63, 3.8) is 0 Å². The number of hydrogen-bond donors (Lipinski definition) is 2. The van der Waals surface area contributed by atoms with Crippen LogP contribution in [0.3, 0.4) is 0 Å². The molecule has 0 aliphatic rings. The fourth-order valence-electron chi connectivity index (χ4n) is 2.06. The standard InChI is InChI=1S/C15H22F2N2OS/c1-4-7-19-15(3,14(18)20)9-10(2)21-11-5-6-12(16)13(17)8-11/h5-6,8,10,19H,4,7,9H2,1-3H3,(H2,18,20). The van der Waals surface area contributed by atoms with E-state index in [9.17, 15) is 13.6 Å². The minimum Gasteiger partial charge on any atom is -0.368 e. The van der Waals surface area contributed by atoms with Crippen molar-refractivity contribution in [1.29, 1.82) is 0 Å². The number of carbonyl (C=O) groups excluding carboxylic acids is 1. The van der Waals surface area contributed by atoms with Crippen molar-refractivity contribution >= 4 is 17.7 Å². The van der Waals surface area contributed by atoms with E-state index in [1.807, 2.05) is 13.8 Å². The molecule has 3 N–H and O–H groups in total. The first-order chi connectivity index (χ1) is 9.78. The van der Waals surface area contributed by atoms with Crippen LogP contribution in [0.15, 0.2) is 23.1 Å². The van der Waals surface area contributed by atoms with Crippen LogP contribution in [-0.2, 0) is 4.79 Å². The summed E-state index contributed by atoms with van der Waals surface area (Å²) in [7, 11) is 0. The van der Waals surface area contributed by atoms with Gasteiger partial charge in [-0.15, -0.1) is 11.8 Å². The van der Waals surface area contributed by atoms with Crippen molar-refractivity contribution in [2.24, 2.45) is 5.73 Å². The van der Waals surface area contributed by atoms with Crippen LogP contribution in [0.4, 0.5) is 8.78 Å². The maximum Gasteiger partial charge on any atom is 0.237 e. The zero-order chi connectivity index (χ0) is 16.0. The Bertz CT molecular complexity index is 499. The molecule has 6 heteroatoms. The zero-order valence-electron chi connectivity index (χ0n) is 12.6. The molecule has 0 bridgehead atoms. The fourth-order valence-corrected chi connectivity index (χ4v) is 3.26. The molecule has 1 aromatic carbocycles. The van der Waals surface area contributed by atoms with Crippen LogP contribution in [0, 0.1) is 11.6 Å². The van der Waals surface area contributed by atoms with Crippen molar-refractivity contribution in [2.75, 3.05) is 6.54 Å². The minimum absolute atomic E-state index is 0.0247. The summed E-state index contributed by atoms with van der Waals surface area (Å²) in [6.07, 6.45) is 1.40. The number of nitrogens with two attached hydrogens (primary N) is 1. The van der Waals surface area contributed by atoms with E-state index in [1.165, 1.54) is 17.8 Å². The largest absolute Gasteiger partial charge is 0.368 e. The van der Waals surface area contributed by atoms with E-state index in [1.54, 1.807) is 6.92 Å². The smallest absolute Gasteiger partial charge is 0.237 e. The monoisotopic (exact) mass is 316 g/mol. The number of amides is 1. The molecule has 1 aromatic rings. The topological polar surface area (TPSA) is 55.1 Å². The average molecular weight is 316 g/mol. The van der Waals surface area contributed by atoms with Gasteiger partial charge in [-0.05, 0) is 44.5 Å². The number of benzene rings is 1. The number of rotatable bonds is 8. The maximum atomic E-state index is 13.2. The highest BCUT2D eigenvalue weighted by Gasteiger charge is 2.32. The summed E-state index contributed by atoms with van der Waals surface area (Å²) >= 11 is 1.39. The number of halogens is 2. The van der Waals surface area contributed by atoms with Crippen LogP contribution < -0.4 is 11.1 Å². The molecule has 21 heavy (non-hydrogen) atoms. The molecule has 0 fully saturated rings. The highest BCUT2D eigenvalue weighted by Crippen LogP contribution is 2.29. The van der Waals surface area contributed by atoms with Gasteiger partial charge in [-0.1, -0.05) is 13.8 Å². The van der Waals surface area contributed by atoms with Crippen LogP contribution >= 0.6 is 11.8 Å². The maximum absolute atomic E-state index is 13.2. The van der Waals surface area contributed by atoms with E-state index in [4.69, 9.17) is 5.73 Å². The van der Waals surface area contributed by atoms with E-state index in [-0.39, 0.29) is 5.25 Å². The van der Waals surface area contributed by atoms with Gasteiger partial charge in [0.05, 0.1) is 5.54 Å². The zero-order valence-corrected chi connectivity index (χ0v) is 13.4. The van der Waals surface area contributed by atoms with Gasteiger partial charge < -0.3 is 11.1 Å². The summed E-state index contributed by atoms with van der Waals surface area (Å²) < 4.78 is 26.1. The Hall–Kier alpha value is -1.14. The molecule has 1 amide bonds. The van der Waals surface area contributed by atoms with Crippen LogP contribution in [-0.4, -0.2) is 23.2 Å². The van der Waals surface area contributed by atoms with Crippen molar-refractivity contribution < 1.29 is 13.6 Å². The van der Waals surface area contributed by atoms with Crippen LogP contribution in [0.25, 0.3) is 0 Å². The molecule has 0 saturated heterocycles. The number of carbonyl (C=O) groups is 1. The molecule has 2 unspecified atom stereocenters. The van der Waals surface area contributed by atoms with Gasteiger partial charge in [-0.25, -0.2) is 8.78 Å². The molecule has 0 radical (unpaired) electrons. The molecule has 0 aromatic heterocycles. The minimum atomic E-state index is -0.867. The summed E-state index contributed by atoms with van der Waals surface area (Å²) in [4.78, 5) is 12.3. The first-order valence-corrected chi connectivity index (χ1v) is 7.83. The predicted molar refractivity (Wildman–Crippen MR) is 82.2 cm³/mol. The van der Waals surface area contributed by atoms with E-state index < -0.39 is 23.1 Å². The molecule has 1 rings (SSSR count). The molecule has 0 aliphatic heterocycles. The van der Waals surface area contributed by atoms with Gasteiger partial charge in [0.25, 0.3) is 0 Å². The second-order valence-electron chi connectivity index (χ2n) is 5.33. The fraction of sp³-hybridized carbons (Fsp3) is 0.533. The summed E-state index contributed by atoms with van der Waals surface area (Å²) in [5.74, 6) is -2.14. The Kier molecular flexibility index (Phi) is 6.61. The quantitative estimate of drug-likeness (QED) is 0.725. The molecule has 0 aliphatic carbocycles. The van der Waals surface area contributed by atoms with E-state index in [0.717, 1.165) is 18.6 Å². The van der Waals surface area contributed by atoms with Crippen LogP contribution in [0.5, 0.6) is 0 Å². The Labute approximate surface area is 128 Å². The lowest BCUT2D eigenvalue weighted by atomic mass is 9.95. The van der Waals surface area contributed by atoms with Crippen molar-refractivity contribution in [3.8, 4) is 0 Å². The second-order valence-corrected chi connectivity index (χ2v) is 6.84. The summed E-state index contributed by atoms with van der Waals surface area (Å²) in [6.45, 7) is 6.41. The molecule has 3 nitrogen and oxygen atoms in total. The van der Waals surface area contributed by atoms with Crippen LogP contribution in [0.1, 0.15) is 33.6 Å². The summed E-state index contributed by atoms with van der Waals surface area (Å²) in [6, 6.07) is 3.80. The Morgan fingerprint density at radius 2 is 2.10 bits per heavy atom. The molecular weight excluding hydrogens is 294 g/mol. The predicted octanol–water partition coefficient (Wildman–Crippen LogP) is 3.08. The van der Waals surface area contributed by atoms with Gasteiger partial charge in [0.15, 0.2) is 11.6 Å². The van der Waals surface area contributed by atoms with E-state index >= 15 is 0 Å². The second kappa shape index (κ2) is 7.75. The van der Waals surface area contributed by atoms with Gasteiger partial charge in [0.1, 0.15) is 0 Å². The first-order valence-electron chi connectivity index (χ1n) is 6.95. The van der Waals surface area contributed by atoms with Gasteiger partial charge in [0, 0.05) is 10.1 Å². The van der Waals surface area contributed by atoms with Gasteiger partial charge in [-0.2, -0.15) is 0 Å². The SMILES string of the molecule is CCCNC(C)(CC(C)Sc1ccc(F)c(F)c1)C(N)=O. The number of primary amides is 1. The number of hydrogen-bond acceptors (Lipinski definition) is 3. The Morgan fingerprint density at radius 3 is 2.62 bits per heavy atom. The normalized spacial score (nSPS) is 15.5. The van der Waals surface area contributed by atoms with Crippen LogP contribution in [0.2, 0.25) is 0 Å². The Balaban J connectivity index is 2.71. The highest BCUT2D eigenvalue weighted by molar-refractivity contribution is 7.99. The van der Waals surface area contributed by atoms with Gasteiger partial charge in [-0.3, -0.25) is 4.79 Å². The van der Waals surface area contributed by atoms with Gasteiger partial charge in [0.2, 0.25) is 5.91 Å². The number of thioether (sulfide) groups is 1. The van der Waals surface area contributed by atoms with Gasteiger partial charge >= 0.3 is 0 Å². The molecule has 0 heterocycles. The van der Waals surface area contributed by atoms with E-state index in [2.05, 4.69) is 5.32 Å². The first kappa shape index (κ1) is 17.9. The van der Waals surface area contributed by atoms with Crippen molar-refractivity contribution in [1.82, 2.24) is 5.32 Å². The average Bonchev–Trinajstić information content (AvgIpc) is 2.40. The highest BCUT2D eigenvalue weighted by atomic mass is 32.2. The van der Waals surface area contributed by atoms with Crippen molar-refractivity contribution in [2.45, 2.75) is 49.3 Å². The van der Waals surface area contributed by atoms with E-state index in [0.29, 0.717) is 17.9 Å². The molecule has 118 valence electrons. The lowest BCUT2D eigenvalue weighted by Crippen LogP contribution is -2.54. The molecule has 0 spiro atoms. The molecular formula is C15H22F2N2OS. The third kappa shape index (κ3) is 5.28. The van der Waals surface area contributed by atoms with Crippen molar-refractivity contribution in [3.05, 3.63) is 29.8 Å². The molecule has 2 atom stereocenters. The third-order valence-electron chi connectivity index (χ3n) is 3.23. The third-order valence-corrected chi connectivity index (χ3v) is 4.33. The molecule has 0 saturated carbocycles.